The summed E-state index contributed by atoms with van der Waals surface area (Å²) in [6.07, 6.45) is 2.88. The average Bonchev–Trinajstić information content (AvgIpc) is 2.67. The Hall–Kier alpha value is -2.15. The van der Waals surface area contributed by atoms with Crippen molar-refractivity contribution in [3.8, 4) is 0 Å². The fraction of sp³-hybridized carbons (Fsp3) is 0.591. The smallest absolute Gasteiger partial charge is 0.498 e. The van der Waals surface area contributed by atoms with Gasteiger partial charge in [0.15, 0.2) is 0 Å². The molecule has 0 spiro atoms. The van der Waals surface area contributed by atoms with E-state index in [0.717, 1.165) is 6.42 Å². The second kappa shape index (κ2) is 7.60. The highest BCUT2D eigenvalue weighted by Gasteiger charge is 2.57. The summed E-state index contributed by atoms with van der Waals surface area (Å²) in [4.78, 5) is 38.8. The highest BCUT2D eigenvalue weighted by atomic mass is 16.6. The summed E-state index contributed by atoms with van der Waals surface area (Å²) in [5.74, 6) is -0.131. The summed E-state index contributed by atoms with van der Waals surface area (Å²) < 4.78 is 10.9. The standard InChI is InChI=1S/C22H28BNO5/c1-14-17-9-16(22(17,2)3)10-19(14)24-11-20(26)28-23(29-21(27)12-24)18(13-25)15-7-5-4-6-8-15/h4-8,13-14,16-19H,9-12H2,1-3H3/t14-,16+,17-,18-,19-/m1/s1. The van der Waals surface area contributed by atoms with E-state index in [-0.39, 0.29) is 19.1 Å². The van der Waals surface area contributed by atoms with Crippen molar-refractivity contribution in [1.29, 1.82) is 0 Å². The molecule has 6 nitrogen and oxygen atoms in total. The van der Waals surface area contributed by atoms with E-state index in [1.807, 2.05) is 11.0 Å². The van der Waals surface area contributed by atoms with Crippen molar-refractivity contribution in [2.24, 2.45) is 23.2 Å². The van der Waals surface area contributed by atoms with Crippen molar-refractivity contribution >= 4 is 25.3 Å². The van der Waals surface area contributed by atoms with E-state index in [1.54, 1.807) is 24.3 Å². The van der Waals surface area contributed by atoms with Crippen LogP contribution in [0.3, 0.4) is 0 Å². The molecule has 1 aliphatic heterocycles. The van der Waals surface area contributed by atoms with Crippen LogP contribution in [-0.4, -0.2) is 49.4 Å². The minimum atomic E-state index is -1.23. The van der Waals surface area contributed by atoms with Crippen LogP contribution in [0.2, 0.25) is 0 Å². The molecule has 0 amide bonds. The van der Waals surface area contributed by atoms with Crippen LogP contribution in [0.4, 0.5) is 0 Å². The van der Waals surface area contributed by atoms with Crippen LogP contribution in [0.25, 0.3) is 0 Å². The first-order valence-electron chi connectivity index (χ1n) is 10.4. The maximum atomic E-state index is 12.6. The highest BCUT2D eigenvalue weighted by Crippen LogP contribution is 2.62. The molecule has 1 saturated heterocycles. The largest absolute Gasteiger partial charge is 0.614 e. The van der Waals surface area contributed by atoms with E-state index in [2.05, 4.69) is 20.8 Å². The Labute approximate surface area is 172 Å². The molecule has 4 fully saturated rings. The third kappa shape index (κ3) is 3.61. The molecule has 5 rings (SSSR count). The Kier molecular flexibility index (Phi) is 5.28. The summed E-state index contributed by atoms with van der Waals surface area (Å²) in [5.41, 5.74) is 0.978. The fourth-order valence-corrected chi connectivity index (χ4v) is 5.71. The first-order valence-corrected chi connectivity index (χ1v) is 10.4. The molecule has 0 radical (unpaired) electrons. The monoisotopic (exact) mass is 397 g/mol. The number of hydrogen-bond donors (Lipinski definition) is 0. The zero-order valence-electron chi connectivity index (χ0n) is 17.2. The molecule has 0 N–H and O–H groups in total. The number of aldehydes is 1. The normalized spacial score (nSPS) is 32.9. The lowest BCUT2D eigenvalue weighted by Gasteiger charge is -2.63. The number of carbonyl (C=O) groups is 3. The molecule has 1 aromatic carbocycles. The SMILES string of the molecule is C[C@H]1[C@H](N2CC(=O)OB([C@H](C=O)c3ccccc3)OC(=O)C2)C[C@@H]2C[C@H]1C2(C)C. The molecule has 0 unspecified atom stereocenters. The lowest BCUT2D eigenvalue weighted by molar-refractivity contribution is -0.160. The van der Waals surface area contributed by atoms with E-state index in [0.29, 0.717) is 35.0 Å². The van der Waals surface area contributed by atoms with E-state index in [1.165, 1.54) is 6.42 Å². The van der Waals surface area contributed by atoms with Gasteiger partial charge in [0.25, 0.3) is 0 Å². The first-order chi connectivity index (χ1) is 13.8. The summed E-state index contributed by atoms with van der Waals surface area (Å²) in [6.45, 7) is 6.95. The predicted molar refractivity (Wildman–Crippen MR) is 108 cm³/mol. The van der Waals surface area contributed by atoms with Gasteiger partial charge in [-0.25, -0.2) is 0 Å². The van der Waals surface area contributed by atoms with Gasteiger partial charge in [0.2, 0.25) is 0 Å². The second-order valence-electron chi connectivity index (χ2n) is 9.35. The Morgan fingerprint density at radius 1 is 1.10 bits per heavy atom. The van der Waals surface area contributed by atoms with Gasteiger partial charge in [-0.3, -0.25) is 14.5 Å². The third-order valence-electron chi connectivity index (χ3n) is 7.57. The van der Waals surface area contributed by atoms with Crippen LogP contribution in [-0.2, 0) is 23.7 Å². The number of rotatable bonds is 4. The van der Waals surface area contributed by atoms with E-state index >= 15 is 0 Å². The van der Waals surface area contributed by atoms with Crippen LogP contribution < -0.4 is 0 Å². The van der Waals surface area contributed by atoms with Gasteiger partial charge in [0.1, 0.15) is 12.1 Å². The summed E-state index contributed by atoms with van der Waals surface area (Å²) in [6, 6.07) is 9.08. The predicted octanol–water partition coefficient (Wildman–Crippen LogP) is 2.47. The van der Waals surface area contributed by atoms with Gasteiger partial charge in [0, 0.05) is 6.04 Å². The van der Waals surface area contributed by atoms with E-state index < -0.39 is 24.9 Å². The second-order valence-corrected chi connectivity index (χ2v) is 9.35. The Morgan fingerprint density at radius 2 is 1.72 bits per heavy atom. The molecule has 1 aromatic rings. The lowest BCUT2D eigenvalue weighted by atomic mass is 9.44. The Bertz CT molecular complexity index is 778. The van der Waals surface area contributed by atoms with Crippen molar-refractivity contribution < 1.29 is 23.7 Å². The van der Waals surface area contributed by atoms with Crippen molar-refractivity contribution in [3.05, 3.63) is 35.9 Å². The molecule has 2 bridgehead atoms. The van der Waals surface area contributed by atoms with Gasteiger partial charge in [-0.2, -0.15) is 0 Å². The Morgan fingerprint density at radius 3 is 2.24 bits per heavy atom. The number of nitrogens with zero attached hydrogens (tertiary/aromatic N) is 1. The molecule has 4 aliphatic rings. The van der Waals surface area contributed by atoms with Crippen molar-refractivity contribution in [3.63, 3.8) is 0 Å². The third-order valence-corrected chi connectivity index (χ3v) is 7.57. The van der Waals surface area contributed by atoms with Crippen LogP contribution >= 0.6 is 0 Å². The van der Waals surface area contributed by atoms with Crippen LogP contribution in [0.15, 0.2) is 30.3 Å². The summed E-state index contributed by atoms with van der Waals surface area (Å²) >= 11 is 0. The quantitative estimate of drug-likeness (QED) is 0.574. The highest BCUT2D eigenvalue weighted by molar-refractivity contribution is 6.54. The molecule has 3 saturated carbocycles. The van der Waals surface area contributed by atoms with Crippen molar-refractivity contribution in [1.82, 2.24) is 4.90 Å². The van der Waals surface area contributed by atoms with E-state index in [9.17, 15) is 14.4 Å². The topological polar surface area (TPSA) is 72.9 Å². The minimum Gasteiger partial charge on any atom is -0.498 e. The minimum absolute atomic E-state index is 0.0425. The molecule has 0 aromatic heterocycles. The molecule has 29 heavy (non-hydrogen) atoms. The molecule has 5 atom stereocenters. The molecule has 1 heterocycles. The maximum absolute atomic E-state index is 12.6. The van der Waals surface area contributed by atoms with Crippen molar-refractivity contribution in [2.75, 3.05) is 13.1 Å². The number of hydrogen-bond acceptors (Lipinski definition) is 6. The van der Waals surface area contributed by atoms with Gasteiger partial charge in [-0.1, -0.05) is 51.1 Å². The Balaban J connectivity index is 1.48. The van der Waals surface area contributed by atoms with Crippen molar-refractivity contribution in [2.45, 2.75) is 45.5 Å². The van der Waals surface area contributed by atoms with Gasteiger partial charge < -0.3 is 14.1 Å². The summed E-state index contributed by atoms with van der Waals surface area (Å²) in [7, 11) is -1.23. The van der Waals surface area contributed by atoms with Gasteiger partial charge in [-0.15, -0.1) is 0 Å². The van der Waals surface area contributed by atoms with Crippen LogP contribution in [0.5, 0.6) is 0 Å². The van der Waals surface area contributed by atoms with Crippen LogP contribution in [0, 0.1) is 23.2 Å². The number of carbonyl (C=O) groups excluding carboxylic acids is 3. The molecular weight excluding hydrogens is 369 g/mol. The van der Waals surface area contributed by atoms with Gasteiger partial charge in [0.05, 0.1) is 13.1 Å². The molecular formula is C22H28BNO5. The average molecular weight is 397 g/mol. The first kappa shape index (κ1) is 20.1. The fourth-order valence-electron chi connectivity index (χ4n) is 5.71. The van der Waals surface area contributed by atoms with Gasteiger partial charge in [-0.05, 0) is 41.6 Å². The zero-order chi connectivity index (χ0) is 20.8. The maximum Gasteiger partial charge on any atom is 0.614 e. The van der Waals surface area contributed by atoms with Crippen LogP contribution in [0.1, 0.15) is 45.0 Å². The van der Waals surface area contributed by atoms with E-state index in [4.69, 9.17) is 9.31 Å². The zero-order valence-corrected chi connectivity index (χ0v) is 17.2. The number of benzene rings is 1. The lowest BCUT2D eigenvalue weighted by Crippen LogP contribution is -2.62. The van der Waals surface area contributed by atoms with Gasteiger partial charge >= 0.3 is 19.1 Å². The summed E-state index contributed by atoms with van der Waals surface area (Å²) in [5, 5.41) is 0. The number of fused-ring (bicyclic) bond motifs is 2. The molecule has 154 valence electrons. The molecule has 7 heteroatoms. The molecule has 3 aliphatic carbocycles.